The number of hydrogen-bond acceptors (Lipinski definition) is 4. The number of halogens is 2. The van der Waals surface area contributed by atoms with E-state index < -0.39 is 0 Å². The van der Waals surface area contributed by atoms with Crippen LogP contribution in [-0.2, 0) is 0 Å². The van der Waals surface area contributed by atoms with Crippen LogP contribution in [0, 0.1) is 0 Å². The van der Waals surface area contributed by atoms with Gasteiger partial charge in [-0.2, -0.15) is 0 Å². The van der Waals surface area contributed by atoms with Crippen molar-refractivity contribution in [3.63, 3.8) is 0 Å². The van der Waals surface area contributed by atoms with Crippen LogP contribution < -0.4 is 5.32 Å². The zero-order chi connectivity index (χ0) is 10.7. The third-order valence-corrected chi connectivity index (χ3v) is 2.25. The van der Waals surface area contributed by atoms with Gasteiger partial charge in [0.1, 0.15) is 5.69 Å². The van der Waals surface area contributed by atoms with Crippen LogP contribution in [0.4, 0.5) is 11.4 Å². The zero-order valence-corrected chi connectivity index (χ0v) is 9.00. The summed E-state index contributed by atoms with van der Waals surface area (Å²) in [6.07, 6.45) is 0. The molecule has 0 spiro atoms. The summed E-state index contributed by atoms with van der Waals surface area (Å²) >= 11 is 11.6. The van der Waals surface area contributed by atoms with Gasteiger partial charge in [-0.1, -0.05) is 41.4 Å². The van der Waals surface area contributed by atoms with E-state index in [1.54, 1.807) is 0 Å². The lowest BCUT2D eigenvalue weighted by atomic mass is 10.3. The van der Waals surface area contributed by atoms with Crippen molar-refractivity contribution in [1.29, 1.82) is 0 Å². The van der Waals surface area contributed by atoms with E-state index in [-0.39, 0.29) is 10.3 Å². The Hall–Kier alpha value is -1.39. The van der Waals surface area contributed by atoms with Crippen molar-refractivity contribution in [3.05, 3.63) is 40.6 Å². The Balaban J connectivity index is 2.32. The fourth-order valence-corrected chi connectivity index (χ4v) is 1.44. The number of nitrogens with zero attached hydrogens (tertiary/aromatic N) is 3. The maximum atomic E-state index is 5.82. The molecule has 4 nitrogen and oxygen atoms in total. The first kappa shape index (κ1) is 10.1. The molecule has 2 rings (SSSR count). The zero-order valence-electron chi connectivity index (χ0n) is 7.48. The van der Waals surface area contributed by atoms with Crippen LogP contribution in [0.5, 0.6) is 0 Å². The number of benzene rings is 1. The molecule has 0 unspecified atom stereocenters. The highest BCUT2D eigenvalue weighted by atomic mass is 35.5. The number of para-hydroxylation sites is 1. The van der Waals surface area contributed by atoms with E-state index in [0.717, 1.165) is 5.69 Å². The van der Waals surface area contributed by atoms with Crippen molar-refractivity contribution in [2.75, 3.05) is 5.32 Å². The molecule has 0 saturated heterocycles. The number of anilines is 2. The van der Waals surface area contributed by atoms with Crippen molar-refractivity contribution in [3.8, 4) is 0 Å². The lowest BCUT2D eigenvalue weighted by Gasteiger charge is -2.07. The molecule has 0 radical (unpaired) electrons. The molecule has 0 amide bonds. The van der Waals surface area contributed by atoms with E-state index in [2.05, 4.69) is 20.7 Å². The molecular weight excluding hydrogens is 235 g/mol. The Bertz CT molecular complexity index is 441. The fourth-order valence-electron chi connectivity index (χ4n) is 1.05. The topological polar surface area (TPSA) is 50.7 Å². The molecule has 0 aliphatic carbocycles. The van der Waals surface area contributed by atoms with Crippen LogP contribution in [0.2, 0.25) is 10.3 Å². The average Bonchev–Trinajstić information content (AvgIpc) is 2.25. The highest BCUT2D eigenvalue weighted by Gasteiger charge is 2.08. The smallest absolute Gasteiger partial charge is 0.180 e. The largest absolute Gasteiger partial charge is 0.350 e. The van der Waals surface area contributed by atoms with Gasteiger partial charge in [0, 0.05) is 5.69 Å². The summed E-state index contributed by atoms with van der Waals surface area (Å²) in [6.45, 7) is 0. The molecule has 76 valence electrons. The summed E-state index contributed by atoms with van der Waals surface area (Å²) in [5, 5.41) is 14.0. The number of rotatable bonds is 2. The van der Waals surface area contributed by atoms with Crippen LogP contribution in [0.3, 0.4) is 0 Å². The molecule has 1 N–H and O–H groups in total. The van der Waals surface area contributed by atoms with Crippen molar-refractivity contribution < 1.29 is 0 Å². The summed E-state index contributed by atoms with van der Waals surface area (Å²) < 4.78 is 0. The summed E-state index contributed by atoms with van der Waals surface area (Å²) in [6, 6.07) is 9.47. The Labute approximate surface area is 96.2 Å². The number of nitrogens with one attached hydrogen (secondary N) is 1. The first-order valence-electron chi connectivity index (χ1n) is 4.14. The van der Waals surface area contributed by atoms with Crippen LogP contribution in [0.25, 0.3) is 0 Å². The Kier molecular flexibility index (Phi) is 2.99. The minimum Gasteiger partial charge on any atom is -0.350 e. The Morgan fingerprint density at radius 1 is 0.933 bits per heavy atom. The van der Waals surface area contributed by atoms with E-state index in [4.69, 9.17) is 23.2 Å². The lowest BCUT2D eigenvalue weighted by molar-refractivity contribution is 0.868. The highest BCUT2D eigenvalue weighted by Crippen LogP contribution is 2.28. The van der Waals surface area contributed by atoms with Gasteiger partial charge in [-0.05, 0) is 17.3 Å². The normalized spacial score (nSPS) is 10.0. The fraction of sp³-hybridized carbons (Fsp3) is 0. The van der Waals surface area contributed by atoms with Crippen LogP contribution in [0.1, 0.15) is 0 Å². The van der Waals surface area contributed by atoms with Crippen molar-refractivity contribution in [2.45, 2.75) is 0 Å². The standard InChI is InChI=1S/C9H6Cl2N4/c10-8-7(9(11)14-15-13-8)12-6-4-2-1-3-5-6/h1-5H,(H,12,15). The lowest BCUT2D eigenvalue weighted by Crippen LogP contribution is -1.97. The van der Waals surface area contributed by atoms with E-state index >= 15 is 0 Å². The van der Waals surface area contributed by atoms with Crippen LogP contribution in [-0.4, -0.2) is 15.4 Å². The van der Waals surface area contributed by atoms with Gasteiger partial charge in [-0.25, -0.2) is 0 Å². The van der Waals surface area contributed by atoms with Crippen molar-refractivity contribution in [2.24, 2.45) is 0 Å². The maximum Gasteiger partial charge on any atom is 0.180 e. The number of hydrogen-bond donors (Lipinski definition) is 1. The van der Waals surface area contributed by atoms with Crippen molar-refractivity contribution >= 4 is 34.6 Å². The molecule has 0 fully saturated rings. The maximum absolute atomic E-state index is 5.82. The molecule has 1 aromatic heterocycles. The second kappa shape index (κ2) is 4.42. The van der Waals surface area contributed by atoms with E-state index in [9.17, 15) is 0 Å². The molecule has 6 heteroatoms. The van der Waals surface area contributed by atoms with E-state index in [1.807, 2.05) is 30.3 Å². The SMILES string of the molecule is Clc1nnnc(Cl)c1Nc1ccccc1. The first-order chi connectivity index (χ1) is 7.27. The van der Waals surface area contributed by atoms with Gasteiger partial charge in [0.25, 0.3) is 0 Å². The van der Waals surface area contributed by atoms with Crippen LogP contribution >= 0.6 is 23.2 Å². The predicted molar refractivity (Wildman–Crippen MR) is 59.6 cm³/mol. The molecule has 0 bridgehead atoms. The molecule has 2 aromatic rings. The Morgan fingerprint density at radius 3 is 2.13 bits per heavy atom. The molecule has 0 aliphatic rings. The second-order valence-corrected chi connectivity index (χ2v) is 3.45. The monoisotopic (exact) mass is 240 g/mol. The average molecular weight is 241 g/mol. The van der Waals surface area contributed by atoms with Gasteiger partial charge in [-0.15, -0.1) is 10.2 Å². The third-order valence-electron chi connectivity index (χ3n) is 1.72. The molecule has 0 atom stereocenters. The van der Waals surface area contributed by atoms with Gasteiger partial charge in [0.2, 0.25) is 0 Å². The molecule has 0 aliphatic heterocycles. The van der Waals surface area contributed by atoms with Gasteiger partial charge in [-0.3, -0.25) is 0 Å². The molecule has 1 aromatic carbocycles. The summed E-state index contributed by atoms with van der Waals surface area (Å²) in [5.74, 6) is 0. The van der Waals surface area contributed by atoms with Gasteiger partial charge in [0.15, 0.2) is 10.3 Å². The Morgan fingerprint density at radius 2 is 1.53 bits per heavy atom. The van der Waals surface area contributed by atoms with Gasteiger partial charge < -0.3 is 5.32 Å². The van der Waals surface area contributed by atoms with Crippen LogP contribution in [0.15, 0.2) is 30.3 Å². The highest BCUT2D eigenvalue weighted by molar-refractivity contribution is 6.37. The summed E-state index contributed by atoms with van der Waals surface area (Å²) in [5.41, 5.74) is 1.32. The summed E-state index contributed by atoms with van der Waals surface area (Å²) in [4.78, 5) is 0. The van der Waals surface area contributed by atoms with E-state index in [1.165, 1.54) is 0 Å². The number of aromatic nitrogens is 3. The first-order valence-corrected chi connectivity index (χ1v) is 4.89. The molecule has 1 heterocycles. The molecule has 0 saturated carbocycles. The molecule has 15 heavy (non-hydrogen) atoms. The predicted octanol–water partition coefficient (Wildman–Crippen LogP) is 2.92. The van der Waals surface area contributed by atoms with E-state index in [0.29, 0.717) is 5.69 Å². The molecular formula is C9H6Cl2N4. The minimum atomic E-state index is 0.193. The minimum absolute atomic E-state index is 0.193. The third kappa shape index (κ3) is 2.34. The quantitative estimate of drug-likeness (QED) is 0.878. The second-order valence-electron chi connectivity index (χ2n) is 2.74. The van der Waals surface area contributed by atoms with Gasteiger partial charge >= 0.3 is 0 Å². The van der Waals surface area contributed by atoms with Gasteiger partial charge in [0.05, 0.1) is 0 Å². The summed E-state index contributed by atoms with van der Waals surface area (Å²) in [7, 11) is 0. The van der Waals surface area contributed by atoms with Crippen molar-refractivity contribution in [1.82, 2.24) is 15.4 Å².